The van der Waals surface area contributed by atoms with Gasteiger partial charge in [-0.3, -0.25) is 4.79 Å². The average Bonchev–Trinajstić information content (AvgIpc) is 2.92. The molecule has 2 rings (SSSR count). The van der Waals surface area contributed by atoms with Gasteiger partial charge in [0.25, 0.3) is 0 Å². The Morgan fingerprint density at radius 2 is 2.05 bits per heavy atom. The Kier molecular flexibility index (Phi) is 5.43. The molecule has 1 atom stereocenters. The zero-order valence-corrected chi connectivity index (χ0v) is 12.1. The van der Waals surface area contributed by atoms with Gasteiger partial charge in [-0.1, -0.05) is 43.7 Å². The summed E-state index contributed by atoms with van der Waals surface area (Å²) >= 11 is 0. The predicted octanol–water partition coefficient (Wildman–Crippen LogP) is 1.96. The lowest BCUT2D eigenvalue weighted by Gasteiger charge is -2.13. The summed E-state index contributed by atoms with van der Waals surface area (Å²) in [6.45, 7) is 2.54. The van der Waals surface area contributed by atoms with Crippen LogP contribution < -0.4 is 0 Å². The van der Waals surface area contributed by atoms with E-state index in [9.17, 15) is 4.79 Å². The van der Waals surface area contributed by atoms with E-state index in [-0.39, 0.29) is 12.3 Å². The van der Waals surface area contributed by atoms with E-state index in [1.807, 2.05) is 25.1 Å². The number of tetrazole rings is 1. The van der Waals surface area contributed by atoms with Crippen LogP contribution in [0.3, 0.4) is 0 Å². The van der Waals surface area contributed by atoms with Crippen molar-refractivity contribution in [3.8, 4) is 0 Å². The van der Waals surface area contributed by atoms with Crippen LogP contribution in [-0.2, 0) is 24.2 Å². The largest absolute Gasteiger partial charge is 0.481 e. The molecule has 6 nitrogen and oxygen atoms in total. The van der Waals surface area contributed by atoms with Crippen LogP contribution in [0.2, 0.25) is 0 Å². The lowest BCUT2D eigenvalue weighted by Crippen LogP contribution is -2.17. The van der Waals surface area contributed by atoms with Crippen LogP contribution in [0.15, 0.2) is 30.3 Å². The van der Waals surface area contributed by atoms with Crippen LogP contribution in [0.4, 0.5) is 0 Å². The second-order valence-electron chi connectivity index (χ2n) is 5.13. The van der Waals surface area contributed by atoms with E-state index in [4.69, 9.17) is 5.11 Å². The van der Waals surface area contributed by atoms with Gasteiger partial charge < -0.3 is 5.11 Å². The van der Waals surface area contributed by atoms with Gasteiger partial charge in [-0.2, -0.15) is 0 Å². The summed E-state index contributed by atoms with van der Waals surface area (Å²) < 4.78 is 1.74. The summed E-state index contributed by atoms with van der Waals surface area (Å²) in [6.07, 6.45) is 2.57. The van der Waals surface area contributed by atoms with Crippen molar-refractivity contribution in [2.45, 2.75) is 39.2 Å². The Bertz CT molecular complexity index is 568. The van der Waals surface area contributed by atoms with Crippen molar-refractivity contribution in [1.29, 1.82) is 0 Å². The molecule has 0 bridgehead atoms. The number of carboxylic acids is 1. The molecule has 0 aliphatic rings. The van der Waals surface area contributed by atoms with E-state index in [1.165, 1.54) is 5.56 Å². The molecular formula is C15H20N4O2. The molecule has 0 amide bonds. The minimum atomic E-state index is -0.777. The fraction of sp³-hybridized carbons (Fsp3) is 0.467. The third kappa shape index (κ3) is 4.66. The highest BCUT2D eigenvalue weighted by molar-refractivity contribution is 5.66. The summed E-state index contributed by atoms with van der Waals surface area (Å²) in [7, 11) is 0. The Labute approximate surface area is 123 Å². The maximum Gasteiger partial charge on any atom is 0.303 e. The van der Waals surface area contributed by atoms with E-state index < -0.39 is 5.97 Å². The Hall–Kier alpha value is -2.24. The number of benzene rings is 1. The monoisotopic (exact) mass is 288 g/mol. The maximum absolute atomic E-state index is 10.8. The van der Waals surface area contributed by atoms with Crippen LogP contribution in [0, 0.1) is 5.92 Å². The topological polar surface area (TPSA) is 80.9 Å². The molecule has 1 N–H and O–H groups in total. The number of hydrogen-bond donors (Lipinski definition) is 1. The van der Waals surface area contributed by atoms with Crippen LogP contribution in [-0.4, -0.2) is 31.3 Å². The van der Waals surface area contributed by atoms with E-state index in [2.05, 4.69) is 27.7 Å². The van der Waals surface area contributed by atoms with E-state index >= 15 is 0 Å². The summed E-state index contributed by atoms with van der Waals surface area (Å²) in [5.74, 6) is 0.0879. The third-order valence-corrected chi connectivity index (χ3v) is 3.56. The molecule has 0 spiro atoms. The second kappa shape index (κ2) is 7.52. The molecule has 21 heavy (non-hydrogen) atoms. The summed E-state index contributed by atoms with van der Waals surface area (Å²) in [5.41, 5.74) is 1.24. The average molecular weight is 288 g/mol. The first kappa shape index (κ1) is 15.2. The summed E-state index contributed by atoms with van der Waals surface area (Å²) in [4.78, 5) is 10.8. The zero-order chi connectivity index (χ0) is 15.1. The molecule has 0 aliphatic carbocycles. The molecule has 1 aromatic heterocycles. The molecule has 1 aromatic carbocycles. The molecule has 0 saturated carbocycles. The van der Waals surface area contributed by atoms with E-state index in [0.717, 1.165) is 25.1 Å². The van der Waals surface area contributed by atoms with Gasteiger partial charge in [0.15, 0.2) is 5.82 Å². The predicted molar refractivity (Wildman–Crippen MR) is 77.7 cm³/mol. The first-order chi connectivity index (χ1) is 10.2. The Balaban J connectivity index is 1.96. The third-order valence-electron chi connectivity index (χ3n) is 3.56. The lowest BCUT2D eigenvalue weighted by atomic mass is 10.0. The fourth-order valence-electron chi connectivity index (χ4n) is 2.27. The number of rotatable bonds is 8. The fourth-order valence-corrected chi connectivity index (χ4v) is 2.27. The highest BCUT2D eigenvalue weighted by Crippen LogP contribution is 2.12. The second-order valence-corrected chi connectivity index (χ2v) is 5.13. The molecule has 0 fully saturated rings. The van der Waals surface area contributed by atoms with Crippen molar-refractivity contribution in [3.63, 3.8) is 0 Å². The molecule has 0 aliphatic heterocycles. The number of nitrogens with zero attached hydrogens (tertiary/aromatic N) is 4. The molecule has 0 radical (unpaired) electrons. The molecule has 112 valence electrons. The molecular weight excluding hydrogens is 268 g/mol. The number of aromatic nitrogens is 4. The SMILES string of the molecule is CCC(CC(=O)O)Cn1nnnc1CCc1ccccc1. The molecule has 1 heterocycles. The highest BCUT2D eigenvalue weighted by Gasteiger charge is 2.15. The smallest absolute Gasteiger partial charge is 0.303 e. The number of carbonyl (C=O) groups is 1. The van der Waals surface area contributed by atoms with Crippen molar-refractivity contribution >= 4 is 5.97 Å². The van der Waals surface area contributed by atoms with Crippen molar-refractivity contribution in [2.75, 3.05) is 0 Å². The number of aryl methyl sites for hydroxylation is 2. The quantitative estimate of drug-likeness (QED) is 0.803. The summed E-state index contributed by atoms with van der Waals surface area (Å²) in [6, 6.07) is 10.2. The van der Waals surface area contributed by atoms with Crippen molar-refractivity contribution in [3.05, 3.63) is 41.7 Å². The van der Waals surface area contributed by atoms with Crippen molar-refractivity contribution in [1.82, 2.24) is 20.2 Å². The van der Waals surface area contributed by atoms with Crippen LogP contribution >= 0.6 is 0 Å². The van der Waals surface area contributed by atoms with Crippen LogP contribution in [0.1, 0.15) is 31.2 Å². The number of aliphatic carboxylic acids is 1. The van der Waals surface area contributed by atoms with Crippen LogP contribution in [0.25, 0.3) is 0 Å². The highest BCUT2D eigenvalue weighted by atomic mass is 16.4. The minimum absolute atomic E-state index is 0.0569. The zero-order valence-electron chi connectivity index (χ0n) is 12.1. The van der Waals surface area contributed by atoms with Crippen molar-refractivity contribution in [2.24, 2.45) is 5.92 Å². The van der Waals surface area contributed by atoms with Crippen LogP contribution in [0.5, 0.6) is 0 Å². The first-order valence-corrected chi connectivity index (χ1v) is 7.19. The van der Waals surface area contributed by atoms with Gasteiger partial charge >= 0.3 is 5.97 Å². The Morgan fingerprint density at radius 3 is 2.71 bits per heavy atom. The first-order valence-electron chi connectivity index (χ1n) is 7.19. The van der Waals surface area contributed by atoms with E-state index in [0.29, 0.717) is 6.54 Å². The molecule has 6 heteroatoms. The number of hydrogen-bond acceptors (Lipinski definition) is 4. The van der Waals surface area contributed by atoms with Gasteiger partial charge in [0, 0.05) is 19.4 Å². The van der Waals surface area contributed by atoms with Gasteiger partial charge in [-0.05, 0) is 28.3 Å². The van der Waals surface area contributed by atoms with E-state index in [1.54, 1.807) is 4.68 Å². The maximum atomic E-state index is 10.8. The molecule has 2 aromatic rings. The van der Waals surface area contributed by atoms with Gasteiger partial charge in [-0.25, -0.2) is 4.68 Å². The molecule has 1 unspecified atom stereocenters. The van der Waals surface area contributed by atoms with Gasteiger partial charge in [0.1, 0.15) is 0 Å². The van der Waals surface area contributed by atoms with Gasteiger partial charge in [0.2, 0.25) is 0 Å². The minimum Gasteiger partial charge on any atom is -0.481 e. The Morgan fingerprint density at radius 1 is 1.29 bits per heavy atom. The standard InChI is InChI=1S/C15H20N4O2/c1-2-12(10-15(20)21)11-19-14(16-17-18-19)9-8-13-6-4-3-5-7-13/h3-7,12H,2,8-11H2,1H3,(H,20,21). The lowest BCUT2D eigenvalue weighted by molar-refractivity contribution is -0.138. The van der Waals surface area contributed by atoms with Gasteiger partial charge in [0.05, 0.1) is 0 Å². The summed E-state index contributed by atoms with van der Waals surface area (Å²) in [5, 5.41) is 20.7. The molecule has 0 saturated heterocycles. The normalized spacial score (nSPS) is 12.2. The number of carboxylic acid groups (broad SMARTS) is 1. The van der Waals surface area contributed by atoms with Gasteiger partial charge in [-0.15, -0.1) is 5.10 Å². The van der Waals surface area contributed by atoms with Crippen molar-refractivity contribution < 1.29 is 9.90 Å².